The molecule has 0 saturated carbocycles. The first-order valence-corrected chi connectivity index (χ1v) is 10.00. The van der Waals surface area contributed by atoms with Gasteiger partial charge in [-0.2, -0.15) is 0 Å². The Morgan fingerprint density at radius 1 is 1.14 bits per heavy atom. The number of nitrogens with one attached hydrogen (secondary N) is 1. The van der Waals surface area contributed by atoms with E-state index in [0.29, 0.717) is 5.92 Å². The second kappa shape index (κ2) is 8.23. The van der Waals surface area contributed by atoms with Crippen LogP contribution in [0, 0.1) is 5.92 Å². The quantitative estimate of drug-likeness (QED) is 0.613. The Morgan fingerprint density at radius 2 is 1.83 bits per heavy atom. The number of pyridine rings is 1. The maximum Gasteiger partial charge on any atom is 0.410 e. The van der Waals surface area contributed by atoms with Crippen molar-refractivity contribution in [2.45, 2.75) is 52.7 Å². The standard InChI is InChI=1S/C23H30N4O2/c1-15(2)13-20(27(6)22(28)29-23(3,4)5)21-25-18-8-7-17(14-19(18)26-21)16-9-11-24-12-10-16/h7-12,14-15,20H,13H2,1-6H3,(H,25,26). The molecule has 154 valence electrons. The molecule has 1 amide bonds. The van der Waals surface area contributed by atoms with E-state index in [0.717, 1.165) is 34.4 Å². The van der Waals surface area contributed by atoms with E-state index in [2.05, 4.69) is 35.9 Å². The van der Waals surface area contributed by atoms with Gasteiger partial charge in [0.1, 0.15) is 11.4 Å². The van der Waals surface area contributed by atoms with E-state index in [1.165, 1.54) is 0 Å². The van der Waals surface area contributed by atoms with Gasteiger partial charge in [0, 0.05) is 19.4 Å². The van der Waals surface area contributed by atoms with E-state index in [1.807, 2.05) is 39.0 Å². The summed E-state index contributed by atoms with van der Waals surface area (Å²) in [5.74, 6) is 1.17. The predicted octanol–water partition coefficient (Wildman–Crippen LogP) is 5.58. The molecule has 0 saturated heterocycles. The van der Waals surface area contributed by atoms with Crippen molar-refractivity contribution in [3.8, 4) is 11.1 Å². The van der Waals surface area contributed by atoms with Crippen molar-refractivity contribution < 1.29 is 9.53 Å². The molecule has 2 aromatic heterocycles. The summed E-state index contributed by atoms with van der Waals surface area (Å²) in [6, 6.07) is 9.91. The van der Waals surface area contributed by atoms with Gasteiger partial charge in [0.15, 0.2) is 0 Å². The van der Waals surface area contributed by atoms with Crippen molar-refractivity contribution in [2.75, 3.05) is 7.05 Å². The Kier molecular flexibility index (Phi) is 5.91. The number of benzene rings is 1. The first-order valence-electron chi connectivity index (χ1n) is 10.00. The molecule has 0 spiro atoms. The van der Waals surface area contributed by atoms with E-state index in [-0.39, 0.29) is 12.1 Å². The minimum Gasteiger partial charge on any atom is -0.444 e. The molecule has 1 unspecified atom stereocenters. The lowest BCUT2D eigenvalue weighted by molar-refractivity contribution is 0.0194. The highest BCUT2D eigenvalue weighted by Crippen LogP contribution is 2.29. The van der Waals surface area contributed by atoms with Crippen molar-refractivity contribution in [1.29, 1.82) is 0 Å². The molecule has 2 heterocycles. The van der Waals surface area contributed by atoms with Crippen LogP contribution in [0.15, 0.2) is 42.7 Å². The third kappa shape index (κ3) is 5.13. The number of H-pyrrole nitrogens is 1. The number of aromatic amines is 1. The van der Waals surface area contributed by atoms with E-state index < -0.39 is 5.60 Å². The third-order valence-corrected chi connectivity index (χ3v) is 4.67. The number of imidazole rings is 1. The summed E-state index contributed by atoms with van der Waals surface area (Å²) < 4.78 is 5.57. The van der Waals surface area contributed by atoms with Crippen LogP contribution < -0.4 is 0 Å². The highest BCUT2D eigenvalue weighted by molar-refractivity contribution is 5.82. The van der Waals surface area contributed by atoms with Crippen LogP contribution in [0.25, 0.3) is 22.2 Å². The van der Waals surface area contributed by atoms with Gasteiger partial charge in [-0.05, 0) is 68.5 Å². The van der Waals surface area contributed by atoms with Crippen LogP contribution in [-0.4, -0.2) is 38.6 Å². The highest BCUT2D eigenvalue weighted by atomic mass is 16.6. The third-order valence-electron chi connectivity index (χ3n) is 4.67. The second-order valence-corrected chi connectivity index (χ2v) is 8.83. The fourth-order valence-corrected chi connectivity index (χ4v) is 3.27. The molecule has 6 nitrogen and oxygen atoms in total. The molecule has 0 aliphatic rings. The molecule has 0 radical (unpaired) electrons. The maximum absolute atomic E-state index is 12.7. The molecule has 0 aliphatic heterocycles. The molecule has 0 aliphatic carbocycles. The Balaban J connectivity index is 1.94. The average Bonchev–Trinajstić information content (AvgIpc) is 3.07. The van der Waals surface area contributed by atoms with Gasteiger partial charge in [-0.3, -0.25) is 4.98 Å². The molecule has 1 aromatic carbocycles. The van der Waals surface area contributed by atoms with Gasteiger partial charge in [0.2, 0.25) is 0 Å². The fourth-order valence-electron chi connectivity index (χ4n) is 3.27. The van der Waals surface area contributed by atoms with Crippen LogP contribution >= 0.6 is 0 Å². The number of amides is 1. The van der Waals surface area contributed by atoms with Crippen molar-refractivity contribution in [3.63, 3.8) is 0 Å². The van der Waals surface area contributed by atoms with Gasteiger partial charge in [0.25, 0.3) is 0 Å². The van der Waals surface area contributed by atoms with Crippen LogP contribution in [-0.2, 0) is 4.74 Å². The van der Waals surface area contributed by atoms with Crippen LogP contribution in [0.3, 0.4) is 0 Å². The first kappa shape index (κ1) is 20.8. The summed E-state index contributed by atoms with van der Waals surface area (Å²) in [5.41, 5.74) is 3.48. The van der Waals surface area contributed by atoms with E-state index >= 15 is 0 Å². The number of hydrogen-bond acceptors (Lipinski definition) is 4. The molecule has 3 rings (SSSR count). The van der Waals surface area contributed by atoms with Gasteiger partial charge in [-0.25, -0.2) is 9.78 Å². The molecule has 0 bridgehead atoms. The lowest BCUT2D eigenvalue weighted by Gasteiger charge is -2.30. The number of carbonyl (C=O) groups excluding carboxylic acids is 1. The Bertz CT molecular complexity index is 973. The maximum atomic E-state index is 12.7. The molecule has 6 heteroatoms. The monoisotopic (exact) mass is 394 g/mol. The van der Waals surface area contributed by atoms with Gasteiger partial charge in [-0.15, -0.1) is 0 Å². The van der Waals surface area contributed by atoms with Crippen molar-refractivity contribution in [3.05, 3.63) is 48.5 Å². The molecule has 0 fully saturated rings. The van der Waals surface area contributed by atoms with Gasteiger partial charge >= 0.3 is 6.09 Å². The summed E-state index contributed by atoms with van der Waals surface area (Å²) in [4.78, 5) is 26.6. The van der Waals surface area contributed by atoms with Crippen molar-refractivity contribution in [1.82, 2.24) is 19.9 Å². The van der Waals surface area contributed by atoms with E-state index in [4.69, 9.17) is 9.72 Å². The summed E-state index contributed by atoms with van der Waals surface area (Å²) in [7, 11) is 1.77. The Labute approximate surface area is 172 Å². The Hall–Kier alpha value is -2.89. The normalized spacial score (nSPS) is 12.9. The first-order chi connectivity index (χ1) is 13.6. The van der Waals surface area contributed by atoms with Crippen LogP contribution in [0.5, 0.6) is 0 Å². The van der Waals surface area contributed by atoms with Crippen molar-refractivity contribution in [2.24, 2.45) is 5.92 Å². The lowest BCUT2D eigenvalue weighted by Crippen LogP contribution is -2.37. The topological polar surface area (TPSA) is 71.1 Å². The minimum absolute atomic E-state index is 0.193. The predicted molar refractivity (Wildman–Crippen MR) is 116 cm³/mol. The molecular formula is C23H30N4O2. The number of rotatable bonds is 5. The van der Waals surface area contributed by atoms with Gasteiger partial charge < -0.3 is 14.6 Å². The number of aromatic nitrogens is 3. The van der Waals surface area contributed by atoms with Gasteiger partial charge in [0.05, 0.1) is 17.1 Å². The molecule has 1 atom stereocenters. The highest BCUT2D eigenvalue weighted by Gasteiger charge is 2.29. The lowest BCUT2D eigenvalue weighted by atomic mass is 10.0. The molecule has 29 heavy (non-hydrogen) atoms. The summed E-state index contributed by atoms with van der Waals surface area (Å²) in [6.45, 7) is 9.90. The molecule has 1 N–H and O–H groups in total. The summed E-state index contributed by atoms with van der Waals surface area (Å²) in [6.07, 6.45) is 4.01. The SMILES string of the molecule is CC(C)CC(c1nc2ccc(-c3ccncc3)cc2[nH]1)N(C)C(=O)OC(C)(C)C. The number of ether oxygens (including phenoxy) is 1. The zero-order valence-electron chi connectivity index (χ0n) is 18.1. The van der Waals surface area contributed by atoms with E-state index in [9.17, 15) is 4.79 Å². The number of nitrogens with zero attached hydrogens (tertiary/aromatic N) is 3. The van der Waals surface area contributed by atoms with Gasteiger partial charge in [-0.1, -0.05) is 19.9 Å². The number of carbonyl (C=O) groups is 1. The largest absolute Gasteiger partial charge is 0.444 e. The Morgan fingerprint density at radius 3 is 2.45 bits per heavy atom. The summed E-state index contributed by atoms with van der Waals surface area (Å²) in [5, 5.41) is 0. The van der Waals surface area contributed by atoms with E-state index in [1.54, 1.807) is 24.3 Å². The fraction of sp³-hybridized carbons (Fsp3) is 0.435. The van der Waals surface area contributed by atoms with Crippen LogP contribution in [0.2, 0.25) is 0 Å². The zero-order chi connectivity index (χ0) is 21.2. The minimum atomic E-state index is -0.541. The zero-order valence-corrected chi connectivity index (χ0v) is 18.1. The smallest absolute Gasteiger partial charge is 0.410 e. The van der Waals surface area contributed by atoms with Crippen molar-refractivity contribution >= 4 is 17.1 Å². The van der Waals surface area contributed by atoms with Crippen LogP contribution in [0.4, 0.5) is 4.79 Å². The summed E-state index contributed by atoms with van der Waals surface area (Å²) >= 11 is 0. The molecule has 3 aromatic rings. The number of fused-ring (bicyclic) bond motifs is 1. The molecular weight excluding hydrogens is 364 g/mol. The number of hydrogen-bond donors (Lipinski definition) is 1. The average molecular weight is 395 g/mol. The van der Waals surface area contributed by atoms with Crippen LogP contribution in [0.1, 0.15) is 52.9 Å². The second-order valence-electron chi connectivity index (χ2n) is 8.83.